The van der Waals surface area contributed by atoms with E-state index in [1.807, 2.05) is 19.9 Å². The van der Waals surface area contributed by atoms with E-state index in [0.717, 1.165) is 22.4 Å². The Morgan fingerprint density at radius 2 is 1.71 bits per heavy atom. The molecule has 0 aliphatic heterocycles. The highest BCUT2D eigenvalue weighted by Crippen LogP contribution is 2.31. The van der Waals surface area contributed by atoms with Crippen LogP contribution in [-0.2, 0) is 0 Å². The van der Waals surface area contributed by atoms with Crippen LogP contribution < -0.4 is 0 Å². The van der Waals surface area contributed by atoms with E-state index in [4.69, 9.17) is 0 Å². The highest BCUT2D eigenvalue weighted by atomic mass is 19.1. The van der Waals surface area contributed by atoms with Gasteiger partial charge in [0.2, 0.25) is 0 Å². The van der Waals surface area contributed by atoms with Gasteiger partial charge in [-0.15, -0.1) is 0 Å². The zero-order valence-electron chi connectivity index (χ0n) is 11.8. The van der Waals surface area contributed by atoms with Crippen LogP contribution in [0.5, 0.6) is 5.75 Å². The second-order valence-corrected chi connectivity index (χ2v) is 5.20. The number of hydrogen-bond donors (Lipinski definition) is 2. The molecule has 0 saturated carbocycles. The maximum atomic E-state index is 13.3. The van der Waals surface area contributed by atoms with Crippen molar-refractivity contribution >= 4 is 0 Å². The van der Waals surface area contributed by atoms with Crippen molar-refractivity contribution in [3.63, 3.8) is 0 Å². The van der Waals surface area contributed by atoms with Crippen LogP contribution in [0, 0.1) is 19.7 Å². The average molecular weight is 282 g/mol. The standard InChI is InChI=1S/C17H15FN2O/c1-10-5-11(2)7-12(6-10)15-9-16(20-19-15)14-8-13(18)3-4-17(14)21/h3-9,21H,1-2H3,(H,19,20). The summed E-state index contributed by atoms with van der Waals surface area (Å²) in [6.45, 7) is 4.07. The van der Waals surface area contributed by atoms with Gasteiger partial charge >= 0.3 is 0 Å². The second-order valence-electron chi connectivity index (χ2n) is 5.20. The summed E-state index contributed by atoms with van der Waals surface area (Å²) < 4.78 is 13.3. The van der Waals surface area contributed by atoms with Crippen molar-refractivity contribution in [3.05, 3.63) is 59.4 Å². The number of aromatic amines is 1. The van der Waals surface area contributed by atoms with Crippen molar-refractivity contribution in [1.82, 2.24) is 10.2 Å². The first-order chi connectivity index (χ1) is 10.0. The van der Waals surface area contributed by atoms with Crippen LogP contribution in [0.2, 0.25) is 0 Å². The van der Waals surface area contributed by atoms with Crippen molar-refractivity contribution in [1.29, 1.82) is 0 Å². The SMILES string of the molecule is Cc1cc(C)cc(-c2cc(-c3cc(F)ccc3O)n[nH]2)c1. The minimum atomic E-state index is -0.404. The van der Waals surface area contributed by atoms with Gasteiger partial charge in [0.1, 0.15) is 11.6 Å². The molecule has 3 rings (SSSR count). The summed E-state index contributed by atoms with van der Waals surface area (Å²) in [5.41, 5.74) is 5.06. The molecule has 0 atom stereocenters. The Labute approximate surface area is 122 Å². The molecule has 0 aliphatic rings. The Bertz CT molecular complexity index is 788. The third-order valence-corrected chi connectivity index (χ3v) is 3.35. The smallest absolute Gasteiger partial charge is 0.125 e. The van der Waals surface area contributed by atoms with E-state index < -0.39 is 5.82 Å². The Morgan fingerprint density at radius 1 is 1.00 bits per heavy atom. The number of phenolic OH excluding ortho intramolecular Hbond substituents is 1. The molecule has 106 valence electrons. The molecule has 0 amide bonds. The number of phenols is 1. The summed E-state index contributed by atoms with van der Waals surface area (Å²) in [5, 5.41) is 16.9. The van der Waals surface area contributed by atoms with Gasteiger partial charge in [-0.3, -0.25) is 5.10 Å². The van der Waals surface area contributed by atoms with E-state index in [-0.39, 0.29) is 5.75 Å². The molecule has 1 aromatic heterocycles. The van der Waals surface area contributed by atoms with Crippen molar-refractivity contribution in [2.45, 2.75) is 13.8 Å². The van der Waals surface area contributed by atoms with E-state index >= 15 is 0 Å². The first-order valence-corrected chi connectivity index (χ1v) is 6.66. The number of hydrogen-bond acceptors (Lipinski definition) is 2. The van der Waals surface area contributed by atoms with Crippen LogP contribution in [0.25, 0.3) is 22.5 Å². The van der Waals surface area contributed by atoms with Crippen LogP contribution in [0.15, 0.2) is 42.5 Å². The highest BCUT2D eigenvalue weighted by molar-refractivity contribution is 5.72. The number of rotatable bonds is 2. The number of benzene rings is 2. The fourth-order valence-corrected chi connectivity index (χ4v) is 2.45. The maximum Gasteiger partial charge on any atom is 0.125 e. The van der Waals surface area contributed by atoms with Crippen molar-refractivity contribution in [2.75, 3.05) is 0 Å². The quantitative estimate of drug-likeness (QED) is 0.740. The molecule has 21 heavy (non-hydrogen) atoms. The van der Waals surface area contributed by atoms with Crippen molar-refractivity contribution in [2.24, 2.45) is 0 Å². The number of nitrogens with one attached hydrogen (secondary N) is 1. The molecule has 0 saturated heterocycles. The summed E-state index contributed by atoms with van der Waals surface area (Å²) in [6.07, 6.45) is 0. The van der Waals surface area contributed by atoms with Crippen LogP contribution in [0.1, 0.15) is 11.1 Å². The maximum absolute atomic E-state index is 13.3. The zero-order valence-corrected chi connectivity index (χ0v) is 11.8. The Morgan fingerprint density at radius 3 is 2.43 bits per heavy atom. The van der Waals surface area contributed by atoms with Crippen molar-refractivity contribution < 1.29 is 9.50 Å². The lowest BCUT2D eigenvalue weighted by molar-refractivity contribution is 0.475. The van der Waals surface area contributed by atoms with Crippen LogP contribution in [0.4, 0.5) is 4.39 Å². The fourth-order valence-electron chi connectivity index (χ4n) is 2.45. The second kappa shape index (κ2) is 5.05. The van der Waals surface area contributed by atoms with E-state index in [2.05, 4.69) is 28.4 Å². The molecule has 2 aromatic carbocycles. The summed E-state index contributed by atoms with van der Waals surface area (Å²) in [4.78, 5) is 0. The van der Waals surface area contributed by atoms with E-state index in [0.29, 0.717) is 11.3 Å². The molecule has 0 radical (unpaired) electrons. The molecule has 0 aliphatic carbocycles. The molecule has 0 bridgehead atoms. The van der Waals surface area contributed by atoms with Crippen LogP contribution in [-0.4, -0.2) is 15.3 Å². The largest absolute Gasteiger partial charge is 0.507 e. The molecule has 3 nitrogen and oxygen atoms in total. The third kappa shape index (κ3) is 2.65. The van der Waals surface area contributed by atoms with E-state index in [9.17, 15) is 9.50 Å². The van der Waals surface area contributed by atoms with E-state index in [1.165, 1.54) is 18.2 Å². The lowest BCUT2D eigenvalue weighted by atomic mass is 10.0. The number of H-pyrrole nitrogens is 1. The van der Waals surface area contributed by atoms with E-state index in [1.54, 1.807) is 0 Å². The molecule has 0 unspecified atom stereocenters. The van der Waals surface area contributed by atoms with Gasteiger partial charge in [-0.1, -0.05) is 17.2 Å². The van der Waals surface area contributed by atoms with Crippen LogP contribution >= 0.6 is 0 Å². The molecular formula is C17H15FN2O. The Kier molecular flexibility index (Phi) is 3.22. The number of aryl methyl sites for hydroxylation is 2. The zero-order chi connectivity index (χ0) is 15.0. The minimum Gasteiger partial charge on any atom is -0.507 e. The van der Waals surface area contributed by atoms with Gasteiger partial charge in [-0.05, 0) is 50.2 Å². The minimum absolute atomic E-state index is 0.00914. The molecule has 0 spiro atoms. The van der Waals surface area contributed by atoms with Gasteiger partial charge in [0, 0.05) is 11.1 Å². The topological polar surface area (TPSA) is 48.9 Å². The normalized spacial score (nSPS) is 10.8. The number of nitrogens with zero attached hydrogens (tertiary/aromatic N) is 1. The van der Waals surface area contributed by atoms with Crippen LogP contribution in [0.3, 0.4) is 0 Å². The number of halogens is 1. The van der Waals surface area contributed by atoms with Crippen molar-refractivity contribution in [3.8, 4) is 28.3 Å². The van der Waals surface area contributed by atoms with Gasteiger partial charge in [-0.2, -0.15) is 5.10 Å². The van der Waals surface area contributed by atoms with Gasteiger partial charge in [0.15, 0.2) is 0 Å². The monoisotopic (exact) mass is 282 g/mol. The van der Waals surface area contributed by atoms with Gasteiger partial charge in [0.25, 0.3) is 0 Å². The molecule has 3 aromatic rings. The summed E-state index contributed by atoms with van der Waals surface area (Å²) in [5.74, 6) is -0.395. The Hall–Kier alpha value is -2.62. The number of aromatic nitrogens is 2. The average Bonchev–Trinajstić information content (AvgIpc) is 2.90. The molecule has 2 N–H and O–H groups in total. The van der Waals surface area contributed by atoms with Gasteiger partial charge < -0.3 is 5.11 Å². The predicted molar refractivity (Wildman–Crippen MR) is 80.6 cm³/mol. The van der Waals surface area contributed by atoms with Gasteiger partial charge in [-0.25, -0.2) is 4.39 Å². The van der Waals surface area contributed by atoms with Gasteiger partial charge in [0.05, 0.1) is 11.4 Å². The first-order valence-electron chi connectivity index (χ1n) is 6.66. The summed E-state index contributed by atoms with van der Waals surface area (Å²) in [6, 6.07) is 11.8. The molecule has 4 heteroatoms. The molecule has 1 heterocycles. The molecular weight excluding hydrogens is 267 g/mol. The highest BCUT2D eigenvalue weighted by Gasteiger charge is 2.11. The Balaban J connectivity index is 2.05. The summed E-state index contributed by atoms with van der Waals surface area (Å²) >= 11 is 0. The third-order valence-electron chi connectivity index (χ3n) is 3.35. The summed E-state index contributed by atoms with van der Waals surface area (Å²) in [7, 11) is 0. The first kappa shape index (κ1) is 13.4. The lowest BCUT2D eigenvalue weighted by Crippen LogP contribution is -1.82. The predicted octanol–water partition coefficient (Wildman–Crippen LogP) is 4.21. The molecule has 0 fully saturated rings. The lowest BCUT2D eigenvalue weighted by Gasteiger charge is -2.02. The fraction of sp³-hybridized carbons (Fsp3) is 0.118. The number of aromatic hydroxyl groups is 1.